The molecule has 1 aliphatic heterocycles. The molecule has 0 unspecified atom stereocenters. The van der Waals surface area contributed by atoms with Crippen molar-refractivity contribution in [3.05, 3.63) is 23.8 Å². The zero-order chi connectivity index (χ0) is 11.9. The van der Waals surface area contributed by atoms with Crippen molar-refractivity contribution < 1.29 is 23.0 Å². The highest BCUT2D eigenvalue weighted by Crippen LogP contribution is 2.40. The third-order valence-corrected chi connectivity index (χ3v) is 2.46. The summed E-state index contributed by atoms with van der Waals surface area (Å²) < 4.78 is 42.1. The fraction of sp³-hybridized carbons (Fsp3) is 0.400. The summed E-state index contributed by atoms with van der Waals surface area (Å²) in [5.74, 6) is 0.0373. The highest BCUT2D eigenvalue weighted by molar-refractivity contribution is 5.49. The minimum absolute atomic E-state index is 0.0373. The molecule has 0 amide bonds. The lowest BCUT2D eigenvalue weighted by molar-refractivity contribution is -0.207. The molecular weight excluding hydrogens is 223 g/mol. The van der Waals surface area contributed by atoms with Crippen LogP contribution in [0, 0.1) is 0 Å². The van der Waals surface area contributed by atoms with E-state index in [1.165, 1.54) is 18.2 Å². The van der Waals surface area contributed by atoms with E-state index in [9.17, 15) is 18.3 Å². The van der Waals surface area contributed by atoms with Crippen molar-refractivity contribution in [3.8, 4) is 5.75 Å². The molecule has 1 aromatic rings. The summed E-state index contributed by atoms with van der Waals surface area (Å²) in [6.45, 7) is 0. The molecule has 0 spiro atoms. The van der Waals surface area contributed by atoms with Crippen LogP contribution >= 0.6 is 0 Å². The van der Waals surface area contributed by atoms with Gasteiger partial charge < -0.3 is 15.6 Å². The van der Waals surface area contributed by atoms with Gasteiger partial charge in [-0.3, -0.25) is 0 Å². The van der Waals surface area contributed by atoms with Gasteiger partial charge in [-0.15, -0.1) is 0 Å². The van der Waals surface area contributed by atoms with Crippen molar-refractivity contribution in [2.45, 2.75) is 24.8 Å². The van der Waals surface area contributed by atoms with Gasteiger partial charge in [-0.05, 0) is 18.2 Å². The molecule has 2 atom stereocenters. The third kappa shape index (κ3) is 1.92. The zero-order valence-corrected chi connectivity index (χ0v) is 8.16. The number of ether oxygens (including phenoxy) is 1. The van der Waals surface area contributed by atoms with Crippen LogP contribution in [-0.4, -0.2) is 17.4 Å². The van der Waals surface area contributed by atoms with Gasteiger partial charge in [0.1, 0.15) is 5.75 Å². The largest absolute Gasteiger partial charge is 0.480 e. The van der Waals surface area contributed by atoms with Gasteiger partial charge in [0.2, 0.25) is 0 Å². The van der Waals surface area contributed by atoms with Gasteiger partial charge in [-0.25, -0.2) is 0 Å². The van der Waals surface area contributed by atoms with Crippen LogP contribution in [0.4, 0.5) is 18.9 Å². The molecule has 0 bridgehead atoms. The maximum atomic E-state index is 12.4. The first kappa shape index (κ1) is 11.1. The molecule has 0 saturated carbocycles. The average molecular weight is 233 g/mol. The molecule has 88 valence electrons. The van der Waals surface area contributed by atoms with E-state index in [0.717, 1.165) is 0 Å². The number of fused-ring (bicyclic) bond motifs is 1. The molecule has 1 aliphatic rings. The van der Waals surface area contributed by atoms with Crippen molar-refractivity contribution in [2.24, 2.45) is 0 Å². The number of aliphatic hydroxyl groups excluding tert-OH is 1. The van der Waals surface area contributed by atoms with Gasteiger partial charge >= 0.3 is 6.18 Å². The van der Waals surface area contributed by atoms with Crippen molar-refractivity contribution >= 4 is 5.69 Å². The Bertz CT molecular complexity index is 406. The van der Waals surface area contributed by atoms with E-state index in [4.69, 9.17) is 10.5 Å². The quantitative estimate of drug-likeness (QED) is 0.674. The lowest BCUT2D eigenvalue weighted by atomic mass is 9.98. The molecule has 1 aromatic carbocycles. The number of halogens is 3. The average Bonchev–Trinajstić information content (AvgIpc) is 2.17. The summed E-state index contributed by atoms with van der Waals surface area (Å²) in [5.41, 5.74) is 6.16. The summed E-state index contributed by atoms with van der Waals surface area (Å²) in [6.07, 6.45) is -8.13. The smallest absolute Gasteiger partial charge is 0.425 e. The van der Waals surface area contributed by atoms with Crippen molar-refractivity contribution in [1.29, 1.82) is 0 Å². The van der Waals surface area contributed by atoms with Gasteiger partial charge in [0.05, 0.1) is 6.10 Å². The molecule has 6 heteroatoms. The van der Waals surface area contributed by atoms with E-state index in [2.05, 4.69) is 0 Å². The fourth-order valence-electron chi connectivity index (χ4n) is 1.67. The predicted molar refractivity (Wildman–Crippen MR) is 50.9 cm³/mol. The Kier molecular flexibility index (Phi) is 2.46. The summed E-state index contributed by atoms with van der Waals surface area (Å²) in [7, 11) is 0. The van der Waals surface area contributed by atoms with E-state index < -0.39 is 24.8 Å². The van der Waals surface area contributed by atoms with Crippen LogP contribution < -0.4 is 10.5 Å². The van der Waals surface area contributed by atoms with Crippen LogP contribution in [0.2, 0.25) is 0 Å². The number of nitrogen functional groups attached to an aromatic ring is 1. The van der Waals surface area contributed by atoms with Crippen LogP contribution in [0.3, 0.4) is 0 Å². The Hall–Kier alpha value is -1.43. The fourth-order valence-corrected chi connectivity index (χ4v) is 1.67. The second-order valence-electron chi connectivity index (χ2n) is 3.70. The first-order valence-electron chi connectivity index (χ1n) is 4.69. The van der Waals surface area contributed by atoms with Crippen LogP contribution in [0.5, 0.6) is 5.75 Å². The van der Waals surface area contributed by atoms with Crippen LogP contribution in [0.1, 0.15) is 18.1 Å². The molecule has 0 radical (unpaired) electrons. The number of hydrogen-bond acceptors (Lipinski definition) is 3. The molecule has 1 heterocycles. The van der Waals surface area contributed by atoms with Crippen LogP contribution in [0.25, 0.3) is 0 Å². The molecule has 0 fully saturated rings. The van der Waals surface area contributed by atoms with Gasteiger partial charge in [0, 0.05) is 17.7 Å². The second kappa shape index (κ2) is 3.55. The molecule has 3 nitrogen and oxygen atoms in total. The Morgan fingerprint density at radius 3 is 2.69 bits per heavy atom. The maximum Gasteiger partial charge on any atom is 0.425 e. The van der Waals surface area contributed by atoms with E-state index >= 15 is 0 Å². The standard InChI is InChI=1S/C10H10F3NO2/c11-10(12,13)9-4-7(15)6-3-5(14)1-2-8(6)16-9/h1-3,7,9,15H,4,14H2/t7-,9+/m1/s1. The third-order valence-electron chi connectivity index (χ3n) is 2.46. The summed E-state index contributed by atoms with van der Waals surface area (Å²) in [5, 5.41) is 9.58. The lowest BCUT2D eigenvalue weighted by Crippen LogP contribution is -2.38. The number of anilines is 1. The maximum absolute atomic E-state index is 12.4. The highest BCUT2D eigenvalue weighted by Gasteiger charge is 2.45. The molecule has 0 saturated heterocycles. The van der Waals surface area contributed by atoms with Crippen LogP contribution in [0.15, 0.2) is 18.2 Å². The number of hydrogen-bond donors (Lipinski definition) is 2. The number of rotatable bonds is 0. The number of aliphatic hydroxyl groups is 1. The van der Waals surface area contributed by atoms with Crippen molar-refractivity contribution in [2.75, 3.05) is 5.73 Å². The molecule has 0 aromatic heterocycles. The lowest BCUT2D eigenvalue weighted by Gasteiger charge is -2.30. The Morgan fingerprint density at radius 1 is 1.38 bits per heavy atom. The molecule has 16 heavy (non-hydrogen) atoms. The Labute approximate surface area is 89.6 Å². The Balaban J connectivity index is 2.34. The van der Waals surface area contributed by atoms with Gasteiger partial charge in [-0.2, -0.15) is 13.2 Å². The topological polar surface area (TPSA) is 55.5 Å². The molecular formula is C10H10F3NO2. The first-order chi connectivity index (χ1) is 7.38. The summed E-state index contributed by atoms with van der Waals surface area (Å²) in [4.78, 5) is 0. The number of alkyl halides is 3. The van der Waals surface area contributed by atoms with E-state index in [1.807, 2.05) is 0 Å². The Morgan fingerprint density at radius 2 is 2.06 bits per heavy atom. The zero-order valence-electron chi connectivity index (χ0n) is 8.16. The summed E-state index contributed by atoms with van der Waals surface area (Å²) in [6, 6.07) is 4.20. The number of nitrogens with two attached hydrogens (primary N) is 1. The monoisotopic (exact) mass is 233 g/mol. The van der Waals surface area contributed by atoms with Gasteiger partial charge in [-0.1, -0.05) is 0 Å². The normalized spacial score (nSPS) is 24.8. The van der Waals surface area contributed by atoms with E-state index in [-0.39, 0.29) is 5.75 Å². The van der Waals surface area contributed by atoms with E-state index in [0.29, 0.717) is 11.3 Å². The first-order valence-corrected chi connectivity index (χ1v) is 4.69. The SMILES string of the molecule is Nc1ccc2c(c1)[C@H](O)C[C@@H](C(F)(F)F)O2. The second-order valence-corrected chi connectivity index (χ2v) is 3.70. The van der Waals surface area contributed by atoms with Gasteiger partial charge in [0.25, 0.3) is 0 Å². The van der Waals surface area contributed by atoms with Crippen LogP contribution in [-0.2, 0) is 0 Å². The minimum atomic E-state index is -4.47. The highest BCUT2D eigenvalue weighted by atomic mass is 19.4. The molecule has 0 aliphatic carbocycles. The van der Waals surface area contributed by atoms with E-state index in [1.54, 1.807) is 0 Å². The minimum Gasteiger partial charge on any atom is -0.480 e. The molecule has 3 N–H and O–H groups in total. The van der Waals surface area contributed by atoms with Gasteiger partial charge in [0.15, 0.2) is 6.10 Å². The van der Waals surface area contributed by atoms with Crippen molar-refractivity contribution in [1.82, 2.24) is 0 Å². The summed E-state index contributed by atoms with van der Waals surface area (Å²) >= 11 is 0. The number of benzene rings is 1. The van der Waals surface area contributed by atoms with Crippen molar-refractivity contribution in [3.63, 3.8) is 0 Å². The molecule has 2 rings (SSSR count). The predicted octanol–water partition coefficient (Wildman–Crippen LogP) is 2.02.